The van der Waals surface area contributed by atoms with Gasteiger partial charge in [0.05, 0.1) is 25.6 Å². The van der Waals surface area contributed by atoms with Gasteiger partial charge in [-0.25, -0.2) is 0 Å². The predicted octanol–water partition coefficient (Wildman–Crippen LogP) is 5.63. The number of phenolic OH excluding ortho intramolecular Hbond substituents is 2. The van der Waals surface area contributed by atoms with Gasteiger partial charge in [0.25, 0.3) is 0 Å². The number of carbonyl (C=O) groups excluding carboxylic acids is 1. The first-order valence-electron chi connectivity index (χ1n) is 19.4. The summed E-state index contributed by atoms with van der Waals surface area (Å²) in [6, 6.07) is 19.1. The summed E-state index contributed by atoms with van der Waals surface area (Å²) in [6.07, 6.45) is 11.3. The number of likely N-dealkylation sites (N-methyl/N-ethyl adjacent to an activating group) is 1. The van der Waals surface area contributed by atoms with Gasteiger partial charge in [-0.1, -0.05) is 42.5 Å². The molecule has 3 aromatic carbocycles. The SMILES string of the molecule is CN=C(N)Nc1cc(CCC=CC(=O)CCc2ccc(O)c(OC)c2)cc(O[C@@]2(CNC)CC[C@H](CCOCNC[C@H](O)CCCc3ccccc3)C2)c1O. The summed E-state index contributed by atoms with van der Waals surface area (Å²) >= 11 is 0. The van der Waals surface area contributed by atoms with E-state index in [2.05, 4.69) is 33.1 Å². The van der Waals surface area contributed by atoms with Crippen molar-refractivity contribution < 1.29 is 34.3 Å². The van der Waals surface area contributed by atoms with Crippen LogP contribution >= 0.6 is 0 Å². The average molecular weight is 760 g/mol. The van der Waals surface area contributed by atoms with Crippen molar-refractivity contribution in [3.8, 4) is 23.0 Å². The highest BCUT2D eigenvalue weighted by Crippen LogP contribution is 2.44. The number of hydrogen-bond donors (Lipinski definition) is 7. The number of hydrogen-bond acceptors (Lipinski definition) is 10. The van der Waals surface area contributed by atoms with Gasteiger partial charge in [-0.05, 0) is 124 Å². The number of benzene rings is 3. The molecule has 0 aromatic heterocycles. The summed E-state index contributed by atoms with van der Waals surface area (Å²) in [4.78, 5) is 16.6. The number of carbonyl (C=O) groups is 1. The molecule has 300 valence electrons. The van der Waals surface area contributed by atoms with Crippen molar-refractivity contribution in [3.63, 3.8) is 0 Å². The minimum Gasteiger partial charge on any atom is -0.504 e. The molecule has 1 fully saturated rings. The van der Waals surface area contributed by atoms with Gasteiger partial charge >= 0.3 is 0 Å². The Labute approximate surface area is 326 Å². The fourth-order valence-electron chi connectivity index (χ4n) is 7.07. The number of aliphatic hydroxyl groups is 1. The molecule has 0 spiro atoms. The van der Waals surface area contributed by atoms with Crippen LogP contribution in [-0.2, 0) is 28.8 Å². The molecule has 0 amide bonds. The highest BCUT2D eigenvalue weighted by atomic mass is 16.5. The molecule has 0 unspecified atom stereocenters. The third-order valence-electron chi connectivity index (χ3n) is 10.0. The lowest BCUT2D eigenvalue weighted by molar-refractivity contribution is -0.114. The number of ether oxygens (including phenoxy) is 3. The number of ketones is 1. The van der Waals surface area contributed by atoms with Gasteiger partial charge in [0, 0.05) is 33.2 Å². The molecule has 3 atom stereocenters. The Morgan fingerprint density at radius 3 is 2.62 bits per heavy atom. The molecule has 1 saturated carbocycles. The number of allylic oxidation sites excluding steroid dienone is 2. The first-order chi connectivity index (χ1) is 26.6. The molecule has 4 rings (SSSR count). The maximum atomic E-state index is 12.6. The summed E-state index contributed by atoms with van der Waals surface area (Å²) in [5.41, 5.74) is 8.97. The number of phenols is 2. The van der Waals surface area contributed by atoms with Crippen LogP contribution in [0.3, 0.4) is 0 Å². The predicted molar refractivity (Wildman–Crippen MR) is 218 cm³/mol. The third-order valence-corrected chi connectivity index (χ3v) is 10.0. The number of aliphatic imine (C=N–C) groups is 1. The maximum absolute atomic E-state index is 12.6. The highest BCUT2D eigenvalue weighted by molar-refractivity contribution is 5.94. The molecular formula is C43H61N5O7. The first-order valence-corrected chi connectivity index (χ1v) is 19.4. The highest BCUT2D eigenvalue weighted by Gasteiger charge is 2.41. The molecule has 3 aromatic rings. The standard InChI is InChI=1S/C43H61N5O7/c1-45-29-43(22-20-33(27-43)21-23-54-30-47-28-36(50)15-9-13-31-10-5-4-6-11-31)55-40-26-34(24-37(41(40)52)48-42(44)46-2)12-7-8-14-35(49)18-16-32-17-19-38(51)39(25-32)53-3/h4-6,8,10-11,14,17,19,24-26,33,36,45,47,50-52H,7,9,12-13,15-16,18,20-23,27-30H2,1-3H3,(H3,44,46,48)/t33-,36-,43+/m1/s1. The summed E-state index contributed by atoms with van der Waals surface area (Å²) in [6.45, 7) is 2.10. The fraction of sp³-hybridized carbons (Fsp3) is 0.488. The van der Waals surface area contributed by atoms with Crippen LogP contribution in [0.15, 0.2) is 77.8 Å². The Morgan fingerprint density at radius 2 is 1.85 bits per heavy atom. The summed E-state index contributed by atoms with van der Waals surface area (Å²) in [5.74, 6) is 1.34. The third kappa shape index (κ3) is 14.5. The molecule has 0 saturated heterocycles. The number of nitrogens with zero attached hydrogens (tertiary/aromatic N) is 1. The summed E-state index contributed by atoms with van der Waals surface area (Å²) < 4.78 is 17.8. The van der Waals surface area contributed by atoms with Crippen molar-refractivity contribution in [1.82, 2.24) is 10.6 Å². The van der Waals surface area contributed by atoms with Crippen molar-refractivity contribution in [2.45, 2.75) is 82.3 Å². The number of rotatable bonds is 24. The monoisotopic (exact) mass is 759 g/mol. The topological polar surface area (TPSA) is 180 Å². The zero-order valence-corrected chi connectivity index (χ0v) is 32.7. The van der Waals surface area contributed by atoms with Crippen LogP contribution < -0.4 is 31.2 Å². The number of aliphatic hydroxyl groups excluding tert-OH is 1. The minimum atomic E-state index is -0.521. The van der Waals surface area contributed by atoms with Gasteiger partial charge in [0.2, 0.25) is 0 Å². The number of anilines is 1. The maximum Gasteiger partial charge on any atom is 0.192 e. The van der Waals surface area contributed by atoms with Crippen LogP contribution in [0, 0.1) is 5.92 Å². The second-order valence-electron chi connectivity index (χ2n) is 14.4. The van der Waals surface area contributed by atoms with E-state index in [1.165, 1.54) is 12.7 Å². The van der Waals surface area contributed by atoms with Crippen LogP contribution in [0.2, 0.25) is 0 Å². The van der Waals surface area contributed by atoms with Gasteiger partial charge in [0.1, 0.15) is 5.60 Å². The Morgan fingerprint density at radius 1 is 1.05 bits per heavy atom. The quantitative estimate of drug-likeness (QED) is 0.0150. The number of guanidine groups is 1. The van der Waals surface area contributed by atoms with E-state index in [4.69, 9.17) is 19.9 Å². The van der Waals surface area contributed by atoms with Crippen molar-refractivity contribution >= 4 is 17.4 Å². The van der Waals surface area contributed by atoms with Crippen LogP contribution in [0.5, 0.6) is 23.0 Å². The Hall–Kier alpha value is -4.62. The lowest BCUT2D eigenvalue weighted by Gasteiger charge is -2.31. The van der Waals surface area contributed by atoms with E-state index in [9.17, 15) is 20.1 Å². The lowest BCUT2D eigenvalue weighted by atomic mass is 9.97. The van der Waals surface area contributed by atoms with Crippen molar-refractivity contribution in [2.24, 2.45) is 16.6 Å². The van der Waals surface area contributed by atoms with Gasteiger partial charge < -0.3 is 45.9 Å². The molecule has 8 N–H and O–H groups in total. The number of aryl methyl sites for hydroxylation is 3. The molecule has 1 aliphatic rings. The van der Waals surface area contributed by atoms with E-state index in [1.807, 2.05) is 43.5 Å². The van der Waals surface area contributed by atoms with Crippen molar-refractivity contribution in [1.29, 1.82) is 0 Å². The number of nitrogens with two attached hydrogens (primary N) is 1. The Balaban J connectivity index is 1.26. The fourth-order valence-corrected chi connectivity index (χ4v) is 7.07. The second kappa shape index (κ2) is 22.7. The summed E-state index contributed by atoms with van der Waals surface area (Å²) in [7, 11) is 4.97. The van der Waals surface area contributed by atoms with Crippen LogP contribution in [0.4, 0.5) is 5.69 Å². The molecule has 1 aliphatic carbocycles. The number of methoxy groups -OCH3 is 1. The summed E-state index contributed by atoms with van der Waals surface area (Å²) in [5, 5.41) is 41.0. The zero-order chi connectivity index (χ0) is 39.5. The molecule has 12 nitrogen and oxygen atoms in total. The zero-order valence-electron chi connectivity index (χ0n) is 32.7. The van der Waals surface area contributed by atoms with Crippen LogP contribution in [0.25, 0.3) is 0 Å². The molecule has 0 aliphatic heterocycles. The van der Waals surface area contributed by atoms with Crippen molar-refractivity contribution in [2.75, 3.05) is 52.9 Å². The van der Waals surface area contributed by atoms with E-state index in [1.54, 1.807) is 31.3 Å². The van der Waals surface area contributed by atoms with E-state index >= 15 is 0 Å². The average Bonchev–Trinajstić information content (AvgIpc) is 3.58. The van der Waals surface area contributed by atoms with E-state index < -0.39 is 11.7 Å². The normalized spacial score (nSPS) is 17.7. The molecule has 55 heavy (non-hydrogen) atoms. The van der Waals surface area contributed by atoms with Gasteiger partial charge in [-0.3, -0.25) is 15.1 Å². The van der Waals surface area contributed by atoms with Gasteiger partial charge in [0.15, 0.2) is 34.7 Å². The van der Waals surface area contributed by atoms with Gasteiger partial charge in [-0.15, -0.1) is 0 Å². The molecule has 0 heterocycles. The number of nitrogens with one attached hydrogen (secondary N) is 3. The smallest absolute Gasteiger partial charge is 0.192 e. The molecule has 0 bridgehead atoms. The first kappa shape index (κ1) is 43.1. The van der Waals surface area contributed by atoms with Gasteiger partial charge in [-0.2, -0.15) is 0 Å². The number of aromatic hydroxyl groups is 2. The minimum absolute atomic E-state index is 0.00599. The molecule has 0 radical (unpaired) electrons. The lowest BCUT2D eigenvalue weighted by Crippen LogP contribution is -2.42. The van der Waals surface area contributed by atoms with E-state index in [0.29, 0.717) is 75.2 Å². The largest absolute Gasteiger partial charge is 0.504 e. The Kier molecular flexibility index (Phi) is 17.8. The molecular weight excluding hydrogens is 699 g/mol. The second-order valence-corrected chi connectivity index (χ2v) is 14.4. The Bertz CT molecular complexity index is 1690. The van der Waals surface area contributed by atoms with E-state index in [-0.39, 0.29) is 23.2 Å². The van der Waals surface area contributed by atoms with Crippen LogP contribution in [-0.4, -0.2) is 86.4 Å². The van der Waals surface area contributed by atoms with E-state index in [0.717, 1.165) is 56.1 Å². The van der Waals surface area contributed by atoms with Crippen molar-refractivity contribution in [3.05, 3.63) is 89.5 Å². The molecule has 12 heteroatoms. The van der Waals surface area contributed by atoms with Crippen LogP contribution in [0.1, 0.15) is 68.1 Å².